The van der Waals surface area contributed by atoms with Crippen molar-refractivity contribution in [1.82, 2.24) is 9.78 Å². The summed E-state index contributed by atoms with van der Waals surface area (Å²) in [6.07, 6.45) is 0. The Labute approximate surface area is 232 Å². The molecule has 4 aromatic carbocycles. The van der Waals surface area contributed by atoms with Crippen LogP contribution in [-0.2, 0) is 0 Å². The molecular formula is C33H27FN6. The molecule has 0 saturated heterocycles. The summed E-state index contributed by atoms with van der Waals surface area (Å²) in [6, 6.07) is 30.8. The third-order valence-corrected chi connectivity index (χ3v) is 7.47. The molecule has 0 spiro atoms. The Morgan fingerprint density at radius 1 is 0.800 bits per heavy atom. The van der Waals surface area contributed by atoms with Crippen LogP contribution in [0.2, 0.25) is 0 Å². The Morgan fingerprint density at radius 2 is 1.55 bits per heavy atom. The Morgan fingerprint density at radius 3 is 2.35 bits per heavy atom. The van der Waals surface area contributed by atoms with Crippen LogP contribution in [0.5, 0.6) is 0 Å². The van der Waals surface area contributed by atoms with Crippen molar-refractivity contribution in [2.24, 2.45) is 9.98 Å². The highest BCUT2D eigenvalue weighted by molar-refractivity contribution is 6.51. The largest absolute Gasteiger partial charge is 0.337 e. The van der Waals surface area contributed by atoms with Crippen molar-refractivity contribution in [3.05, 3.63) is 131 Å². The monoisotopic (exact) mass is 526 g/mol. The molecule has 6 nitrogen and oxygen atoms in total. The number of benzene rings is 4. The molecule has 2 aliphatic rings. The van der Waals surface area contributed by atoms with Crippen molar-refractivity contribution in [2.45, 2.75) is 26.8 Å². The molecule has 0 radical (unpaired) electrons. The minimum absolute atomic E-state index is 0.275. The average Bonchev–Trinajstić information content (AvgIpc) is 3.31. The fraction of sp³-hybridized carbons (Fsp3) is 0.121. The first-order chi connectivity index (χ1) is 19.5. The van der Waals surface area contributed by atoms with Crippen LogP contribution in [0.1, 0.15) is 34.0 Å². The minimum atomic E-state index is -0.299. The summed E-state index contributed by atoms with van der Waals surface area (Å²) < 4.78 is 16.0. The van der Waals surface area contributed by atoms with Gasteiger partial charge in [-0.1, -0.05) is 54.6 Å². The Kier molecular flexibility index (Phi) is 5.59. The first-order valence-electron chi connectivity index (χ1n) is 13.3. The van der Waals surface area contributed by atoms with Crippen molar-refractivity contribution < 1.29 is 4.39 Å². The van der Waals surface area contributed by atoms with Gasteiger partial charge >= 0.3 is 0 Å². The molecule has 3 heterocycles. The predicted octanol–water partition coefficient (Wildman–Crippen LogP) is 7.73. The molecule has 196 valence electrons. The molecule has 2 aliphatic heterocycles. The maximum absolute atomic E-state index is 14.1. The van der Waals surface area contributed by atoms with Crippen molar-refractivity contribution in [3.8, 4) is 5.69 Å². The van der Waals surface area contributed by atoms with Gasteiger partial charge in [0.15, 0.2) is 17.5 Å². The number of aliphatic imine (C=N–C) groups is 2. The van der Waals surface area contributed by atoms with E-state index in [0.29, 0.717) is 11.7 Å². The van der Waals surface area contributed by atoms with E-state index in [1.807, 2.05) is 72.3 Å². The Bertz CT molecular complexity index is 1820. The summed E-state index contributed by atoms with van der Waals surface area (Å²) in [6.45, 7) is 6.16. The second-order valence-electron chi connectivity index (χ2n) is 10.2. The van der Waals surface area contributed by atoms with Crippen LogP contribution in [0.3, 0.4) is 0 Å². The van der Waals surface area contributed by atoms with Crippen molar-refractivity contribution in [1.29, 1.82) is 0 Å². The number of halogens is 1. The highest BCUT2D eigenvalue weighted by atomic mass is 19.1. The summed E-state index contributed by atoms with van der Waals surface area (Å²) in [5.74, 6) is 1.78. The SMILES string of the molecule is Cc1ccc(C)c(NC2=Nc3ccccc3N3C2=Nc2c(c(C)nn2-c2ccccc2)C3c2ccc(F)cc2)c1. The van der Waals surface area contributed by atoms with Gasteiger partial charge < -0.3 is 10.2 Å². The number of nitrogens with one attached hydrogen (secondary N) is 1. The molecule has 1 unspecified atom stereocenters. The molecule has 1 N–H and O–H groups in total. The molecule has 1 atom stereocenters. The predicted molar refractivity (Wildman–Crippen MR) is 159 cm³/mol. The average molecular weight is 527 g/mol. The first kappa shape index (κ1) is 24.0. The lowest BCUT2D eigenvalue weighted by Gasteiger charge is -2.40. The number of nitrogens with zero attached hydrogens (tertiary/aromatic N) is 5. The Hall–Kier alpha value is -5.04. The zero-order chi connectivity index (χ0) is 27.4. The zero-order valence-corrected chi connectivity index (χ0v) is 22.4. The van der Waals surface area contributed by atoms with Gasteiger partial charge in [-0.3, -0.25) is 0 Å². The summed E-state index contributed by atoms with van der Waals surface area (Å²) in [5, 5.41) is 8.55. The molecule has 40 heavy (non-hydrogen) atoms. The van der Waals surface area contributed by atoms with Crippen LogP contribution >= 0.6 is 0 Å². The van der Waals surface area contributed by atoms with Crippen LogP contribution in [0.4, 0.5) is 27.3 Å². The fourth-order valence-corrected chi connectivity index (χ4v) is 5.51. The summed E-state index contributed by atoms with van der Waals surface area (Å²) in [7, 11) is 0. The first-order valence-corrected chi connectivity index (χ1v) is 13.3. The van der Waals surface area contributed by atoms with Gasteiger partial charge in [-0.25, -0.2) is 19.1 Å². The van der Waals surface area contributed by atoms with E-state index in [4.69, 9.17) is 15.1 Å². The highest BCUT2D eigenvalue weighted by Gasteiger charge is 2.41. The van der Waals surface area contributed by atoms with E-state index in [1.165, 1.54) is 12.1 Å². The molecule has 1 aromatic heterocycles. The van der Waals surface area contributed by atoms with Gasteiger partial charge in [-0.2, -0.15) is 5.10 Å². The third-order valence-electron chi connectivity index (χ3n) is 7.47. The van der Waals surface area contributed by atoms with E-state index in [0.717, 1.165) is 56.5 Å². The van der Waals surface area contributed by atoms with Crippen molar-refractivity contribution >= 4 is 34.6 Å². The number of amidine groups is 2. The van der Waals surface area contributed by atoms with E-state index in [2.05, 4.69) is 48.3 Å². The number of rotatable bonds is 3. The normalized spacial score (nSPS) is 15.5. The molecule has 0 fully saturated rings. The lowest BCUT2D eigenvalue weighted by Crippen LogP contribution is -2.46. The van der Waals surface area contributed by atoms with Gasteiger partial charge in [0, 0.05) is 11.3 Å². The molecule has 7 rings (SSSR count). The fourth-order valence-electron chi connectivity index (χ4n) is 5.51. The van der Waals surface area contributed by atoms with Gasteiger partial charge in [0.2, 0.25) is 0 Å². The van der Waals surface area contributed by atoms with Crippen molar-refractivity contribution in [2.75, 3.05) is 10.2 Å². The van der Waals surface area contributed by atoms with E-state index in [1.54, 1.807) is 0 Å². The lowest BCUT2D eigenvalue weighted by molar-refractivity contribution is 0.626. The lowest BCUT2D eigenvalue weighted by atomic mass is 9.93. The standard InChI is InChI=1S/C33H27FN6/c1-20-13-14-21(2)27(19-20)36-31-33-37-32-29(22(3)38-40(32)25-9-5-4-6-10-25)30(23-15-17-24(34)18-16-23)39(33)28-12-8-7-11-26(28)35-31/h4-19,30H,1-3H3,(H,35,36). The van der Waals surface area contributed by atoms with Gasteiger partial charge in [0.05, 0.1) is 28.8 Å². The molecule has 0 bridgehead atoms. The molecular weight excluding hydrogens is 499 g/mol. The number of aryl methyl sites for hydroxylation is 3. The number of anilines is 2. The molecule has 0 saturated carbocycles. The van der Waals surface area contributed by atoms with Gasteiger partial charge in [0.1, 0.15) is 5.82 Å². The maximum atomic E-state index is 14.1. The van der Waals surface area contributed by atoms with E-state index >= 15 is 0 Å². The van der Waals surface area contributed by atoms with E-state index < -0.39 is 0 Å². The minimum Gasteiger partial charge on any atom is -0.337 e. The highest BCUT2D eigenvalue weighted by Crippen LogP contribution is 2.48. The molecule has 5 aromatic rings. The van der Waals surface area contributed by atoms with Crippen LogP contribution < -0.4 is 10.2 Å². The number of hydrogen-bond acceptors (Lipinski definition) is 5. The third kappa shape index (κ3) is 3.90. The van der Waals surface area contributed by atoms with Crippen LogP contribution in [0.15, 0.2) is 107 Å². The second-order valence-corrected chi connectivity index (χ2v) is 10.2. The smallest absolute Gasteiger partial charge is 0.179 e. The number of aromatic nitrogens is 2. The van der Waals surface area contributed by atoms with Crippen LogP contribution in [-0.4, -0.2) is 21.5 Å². The van der Waals surface area contributed by atoms with Gasteiger partial charge in [-0.15, -0.1) is 0 Å². The number of hydrogen-bond donors (Lipinski definition) is 1. The Balaban J connectivity index is 1.50. The summed E-state index contributed by atoms with van der Waals surface area (Å²) in [4.78, 5) is 12.5. The molecule has 7 heteroatoms. The topological polar surface area (TPSA) is 57.8 Å². The van der Waals surface area contributed by atoms with Gasteiger partial charge in [-0.05, 0) is 79.9 Å². The molecule has 0 aliphatic carbocycles. The van der Waals surface area contributed by atoms with E-state index in [-0.39, 0.29) is 11.9 Å². The number of para-hydroxylation sites is 3. The summed E-state index contributed by atoms with van der Waals surface area (Å²) in [5.41, 5.74) is 8.68. The maximum Gasteiger partial charge on any atom is 0.179 e. The van der Waals surface area contributed by atoms with E-state index in [9.17, 15) is 4.39 Å². The second kappa shape index (κ2) is 9.31. The number of fused-ring (bicyclic) bond motifs is 4. The quantitative estimate of drug-likeness (QED) is 0.262. The van der Waals surface area contributed by atoms with Crippen molar-refractivity contribution in [3.63, 3.8) is 0 Å². The van der Waals surface area contributed by atoms with Gasteiger partial charge in [0.25, 0.3) is 0 Å². The molecule has 0 amide bonds. The van der Waals surface area contributed by atoms with Crippen LogP contribution in [0.25, 0.3) is 5.69 Å². The van der Waals surface area contributed by atoms with Crippen LogP contribution in [0, 0.1) is 26.6 Å². The zero-order valence-electron chi connectivity index (χ0n) is 22.4. The summed E-state index contributed by atoms with van der Waals surface area (Å²) >= 11 is 0.